The maximum atomic E-state index is 14.5. The molecule has 0 aromatic heterocycles. The van der Waals surface area contributed by atoms with Crippen molar-refractivity contribution in [1.82, 2.24) is 0 Å². The molecule has 3 rings (SSSR count). The predicted octanol–water partition coefficient (Wildman–Crippen LogP) is 4.65. The number of rotatable bonds is 9. The van der Waals surface area contributed by atoms with Gasteiger partial charge in [0.25, 0.3) is 12.3 Å². The second kappa shape index (κ2) is 10.8. The van der Waals surface area contributed by atoms with Crippen molar-refractivity contribution in [2.45, 2.75) is 37.9 Å². The van der Waals surface area contributed by atoms with Crippen LogP contribution in [0.3, 0.4) is 0 Å². The normalized spacial score (nSPS) is 23.3. The van der Waals surface area contributed by atoms with Crippen molar-refractivity contribution in [3.8, 4) is 5.75 Å². The second-order valence-corrected chi connectivity index (χ2v) is 9.07. The van der Waals surface area contributed by atoms with E-state index >= 15 is 0 Å². The van der Waals surface area contributed by atoms with Gasteiger partial charge in [-0.2, -0.15) is 4.39 Å². The first-order chi connectivity index (χ1) is 17.0. The number of ether oxygens (including phenoxy) is 2. The lowest BCUT2D eigenvalue weighted by atomic mass is 9.77. The Hall–Kier alpha value is -3.19. The van der Waals surface area contributed by atoms with Gasteiger partial charge >= 0.3 is 0 Å². The molecule has 1 fully saturated rings. The number of hydrogen-bond acceptors (Lipinski definition) is 5. The average Bonchev–Trinajstić information content (AvgIpc) is 3.10. The van der Waals surface area contributed by atoms with Gasteiger partial charge in [-0.1, -0.05) is 13.0 Å². The third-order valence-electron chi connectivity index (χ3n) is 6.28. The maximum absolute atomic E-state index is 14.5. The van der Waals surface area contributed by atoms with Crippen molar-refractivity contribution in [2.24, 2.45) is 5.92 Å². The molecule has 2 aromatic rings. The van der Waals surface area contributed by atoms with Crippen LogP contribution in [0.2, 0.25) is 0 Å². The Morgan fingerprint density at radius 3 is 2.31 bits per heavy atom. The number of anilines is 3. The highest BCUT2D eigenvalue weighted by molar-refractivity contribution is 9.10. The van der Waals surface area contributed by atoms with Gasteiger partial charge < -0.3 is 25.4 Å². The summed E-state index contributed by atoms with van der Waals surface area (Å²) in [6, 6.07) is 4.70. The predicted molar refractivity (Wildman–Crippen MR) is 126 cm³/mol. The number of hydrogen-bond donors (Lipinski definition) is 3. The SMILES string of the molecule is COc1c([C@H]2[C@H](C(=O)Nc3cc(NC=O)c(NC=O)cc3Br)O[C@@](C)(C(F)F)[C@H]2C)ccc(F)c1F. The summed E-state index contributed by atoms with van der Waals surface area (Å²) in [6.45, 7) is 2.56. The smallest absolute Gasteiger partial charge is 0.267 e. The van der Waals surface area contributed by atoms with Gasteiger partial charge in [0, 0.05) is 21.9 Å². The van der Waals surface area contributed by atoms with Gasteiger partial charge in [0.15, 0.2) is 11.6 Å². The third kappa shape index (κ3) is 4.89. The molecule has 0 saturated carbocycles. The topological polar surface area (TPSA) is 106 Å². The highest BCUT2D eigenvalue weighted by Crippen LogP contribution is 2.51. The van der Waals surface area contributed by atoms with E-state index in [1.165, 1.54) is 25.1 Å². The molecule has 1 aliphatic heterocycles. The fraction of sp³-hybridized carbons (Fsp3) is 0.348. The van der Waals surface area contributed by atoms with Crippen LogP contribution >= 0.6 is 15.9 Å². The fourth-order valence-corrected chi connectivity index (χ4v) is 4.67. The molecule has 4 atom stereocenters. The molecule has 8 nitrogen and oxygen atoms in total. The van der Waals surface area contributed by atoms with Crippen LogP contribution < -0.4 is 20.7 Å². The molecule has 1 aliphatic rings. The number of alkyl halides is 2. The Bertz CT molecular complexity index is 1180. The minimum atomic E-state index is -3.01. The van der Waals surface area contributed by atoms with Gasteiger partial charge in [-0.25, -0.2) is 13.2 Å². The molecule has 3 N–H and O–H groups in total. The molecular formula is C23H22BrF4N3O5. The summed E-state index contributed by atoms with van der Waals surface area (Å²) in [6.07, 6.45) is -3.83. The van der Waals surface area contributed by atoms with E-state index in [4.69, 9.17) is 9.47 Å². The van der Waals surface area contributed by atoms with Crippen LogP contribution in [-0.2, 0) is 19.1 Å². The highest BCUT2D eigenvalue weighted by Gasteiger charge is 2.58. The van der Waals surface area contributed by atoms with E-state index in [0.717, 1.165) is 20.1 Å². The monoisotopic (exact) mass is 575 g/mol. The molecule has 0 aliphatic carbocycles. The summed E-state index contributed by atoms with van der Waals surface area (Å²) in [4.78, 5) is 35.2. The molecule has 36 heavy (non-hydrogen) atoms. The summed E-state index contributed by atoms with van der Waals surface area (Å²) in [7, 11) is 1.09. The molecule has 0 radical (unpaired) electrons. The quantitative estimate of drug-likeness (QED) is 0.298. The van der Waals surface area contributed by atoms with Crippen molar-refractivity contribution in [3.05, 3.63) is 45.9 Å². The van der Waals surface area contributed by atoms with Crippen LogP contribution in [-0.4, -0.2) is 44.0 Å². The zero-order valence-corrected chi connectivity index (χ0v) is 20.8. The van der Waals surface area contributed by atoms with Crippen LogP contribution in [0.5, 0.6) is 5.75 Å². The number of halogens is 5. The summed E-state index contributed by atoms with van der Waals surface area (Å²) in [5.41, 5.74) is -1.66. The Morgan fingerprint density at radius 2 is 1.75 bits per heavy atom. The average molecular weight is 576 g/mol. The molecular weight excluding hydrogens is 554 g/mol. The number of benzene rings is 2. The fourth-order valence-electron chi connectivity index (χ4n) is 4.23. The summed E-state index contributed by atoms with van der Waals surface area (Å²) >= 11 is 3.24. The molecule has 0 bridgehead atoms. The van der Waals surface area contributed by atoms with Crippen molar-refractivity contribution in [1.29, 1.82) is 0 Å². The van der Waals surface area contributed by atoms with E-state index in [-0.39, 0.29) is 27.1 Å². The van der Waals surface area contributed by atoms with Gasteiger partial charge in [-0.05, 0) is 41.1 Å². The van der Waals surface area contributed by atoms with E-state index in [0.29, 0.717) is 12.8 Å². The Morgan fingerprint density at radius 1 is 1.14 bits per heavy atom. The first kappa shape index (κ1) is 27.4. The van der Waals surface area contributed by atoms with Gasteiger partial charge in [-0.3, -0.25) is 14.4 Å². The number of nitrogens with one attached hydrogen (secondary N) is 3. The van der Waals surface area contributed by atoms with Crippen LogP contribution in [0, 0.1) is 17.6 Å². The van der Waals surface area contributed by atoms with Crippen molar-refractivity contribution in [3.63, 3.8) is 0 Å². The lowest BCUT2D eigenvalue weighted by Gasteiger charge is -2.28. The van der Waals surface area contributed by atoms with Crippen LogP contribution in [0.1, 0.15) is 25.3 Å². The standard InChI is InChI=1S/C23H22BrF4N3O5/c1-10-17(11-4-5-13(25)18(26)19(11)35-3)20(36-23(10,2)22(27)28)21(34)31-14-7-16(30-9-33)15(29-8-32)6-12(14)24/h4-10,17,20,22H,1-3H3,(H,29,32)(H,30,33)(H,31,34)/t10-,17-,20+,23+/m0/s1. The molecule has 0 spiro atoms. The molecule has 1 heterocycles. The molecule has 194 valence electrons. The Balaban J connectivity index is 2.06. The minimum absolute atomic E-state index is 0.0127. The molecule has 0 unspecified atom stereocenters. The van der Waals surface area contributed by atoms with Gasteiger partial charge in [-0.15, -0.1) is 0 Å². The van der Waals surface area contributed by atoms with E-state index in [9.17, 15) is 31.9 Å². The number of amides is 3. The minimum Gasteiger partial charge on any atom is -0.493 e. The number of carbonyl (C=O) groups excluding carboxylic acids is 3. The van der Waals surface area contributed by atoms with E-state index in [1.54, 1.807) is 0 Å². The summed E-state index contributed by atoms with van der Waals surface area (Å²) < 4.78 is 67.3. The van der Waals surface area contributed by atoms with Gasteiger partial charge in [0.05, 0.1) is 24.2 Å². The number of methoxy groups -OCH3 is 1. The molecule has 2 aromatic carbocycles. The molecule has 13 heteroatoms. The number of carbonyl (C=O) groups is 3. The summed E-state index contributed by atoms with van der Waals surface area (Å²) in [5.74, 6) is -6.08. The maximum Gasteiger partial charge on any atom is 0.267 e. The van der Waals surface area contributed by atoms with Crippen molar-refractivity contribution in [2.75, 3.05) is 23.1 Å². The van der Waals surface area contributed by atoms with E-state index < -0.39 is 53.3 Å². The lowest BCUT2D eigenvalue weighted by molar-refractivity contribution is -0.151. The summed E-state index contributed by atoms with van der Waals surface area (Å²) in [5, 5.41) is 7.30. The van der Waals surface area contributed by atoms with Crippen molar-refractivity contribution < 1.29 is 41.4 Å². The van der Waals surface area contributed by atoms with Crippen LogP contribution in [0.4, 0.5) is 34.6 Å². The van der Waals surface area contributed by atoms with Gasteiger partial charge in [0.1, 0.15) is 11.7 Å². The first-order valence-corrected chi connectivity index (χ1v) is 11.3. The highest BCUT2D eigenvalue weighted by atomic mass is 79.9. The molecule has 3 amide bonds. The van der Waals surface area contributed by atoms with E-state index in [1.807, 2.05) is 0 Å². The van der Waals surface area contributed by atoms with Crippen LogP contribution in [0.25, 0.3) is 0 Å². The Kier molecular flexibility index (Phi) is 8.24. The van der Waals surface area contributed by atoms with E-state index in [2.05, 4.69) is 31.9 Å². The van der Waals surface area contributed by atoms with Crippen molar-refractivity contribution >= 4 is 51.7 Å². The first-order valence-electron chi connectivity index (χ1n) is 10.5. The van der Waals surface area contributed by atoms with Crippen LogP contribution in [0.15, 0.2) is 28.7 Å². The third-order valence-corrected chi connectivity index (χ3v) is 6.94. The largest absolute Gasteiger partial charge is 0.493 e. The lowest BCUT2D eigenvalue weighted by Crippen LogP contribution is -2.40. The zero-order chi connectivity index (χ0) is 26.8. The zero-order valence-electron chi connectivity index (χ0n) is 19.2. The second-order valence-electron chi connectivity index (χ2n) is 8.21. The van der Waals surface area contributed by atoms with Gasteiger partial charge in [0.2, 0.25) is 18.6 Å². The Labute approximate surface area is 211 Å². The molecule has 1 saturated heterocycles.